The van der Waals surface area contributed by atoms with Gasteiger partial charge in [0.25, 0.3) is 0 Å². The Labute approximate surface area is 123 Å². The Balaban J connectivity index is 1.71. The minimum Gasteiger partial charge on any atom is -0.355 e. The summed E-state index contributed by atoms with van der Waals surface area (Å²) in [5, 5.41) is 6.97. The van der Waals surface area contributed by atoms with Crippen molar-refractivity contribution in [2.75, 3.05) is 26.7 Å². The zero-order chi connectivity index (χ0) is 14.4. The van der Waals surface area contributed by atoms with Crippen LogP contribution in [0.2, 0.25) is 0 Å². The van der Waals surface area contributed by atoms with Crippen LogP contribution in [0.25, 0.3) is 0 Å². The lowest BCUT2D eigenvalue weighted by Crippen LogP contribution is -2.49. The van der Waals surface area contributed by atoms with Gasteiger partial charge in [-0.15, -0.1) is 0 Å². The summed E-state index contributed by atoms with van der Waals surface area (Å²) in [4.78, 5) is 6.93. The van der Waals surface area contributed by atoms with E-state index in [0.29, 0.717) is 12.1 Å². The molecule has 0 radical (unpaired) electrons. The Morgan fingerprint density at radius 1 is 1.40 bits per heavy atom. The zero-order valence-electron chi connectivity index (χ0n) is 13.2. The summed E-state index contributed by atoms with van der Waals surface area (Å²) < 4.78 is 0. The fourth-order valence-corrected chi connectivity index (χ4v) is 3.12. The number of aliphatic imine (C=N–C) groups is 1. The molecule has 2 atom stereocenters. The summed E-state index contributed by atoms with van der Waals surface area (Å²) in [6, 6.07) is 1.09. The molecule has 4 heteroatoms. The first-order valence-electron chi connectivity index (χ1n) is 8.05. The number of guanidine groups is 1. The maximum absolute atomic E-state index is 4.33. The highest BCUT2D eigenvalue weighted by molar-refractivity contribution is 5.80. The number of nitrogens with zero attached hydrogens (tertiary/aromatic N) is 2. The number of rotatable bonds is 4. The molecule has 0 aromatic carbocycles. The molecule has 1 fully saturated rings. The van der Waals surface area contributed by atoms with Gasteiger partial charge in [-0.1, -0.05) is 19.1 Å². The van der Waals surface area contributed by atoms with E-state index in [9.17, 15) is 0 Å². The van der Waals surface area contributed by atoms with Crippen LogP contribution in [0.1, 0.15) is 39.5 Å². The van der Waals surface area contributed by atoms with E-state index in [1.54, 1.807) is 0 Å². The summed E-state index contributed by atoms with van der Waals surface area (Å²) in [5.41, 5.74) is 0. The number of nitrogens with one attached hydrogen (secondary N) is 2. The minimum atomic E-state index is 0.520. The molecule has 0 bridgehead atoms. The van der Waals surface area contributed by atoms with E-state index in [0.717, 1.165) is 31.3 Å². The number of hydrogen-bond donors (Lipinski definition) is 2. The van der Waals surface area contributed by atoms with Gasteiger partial charge >= 0.3 is 0 Å². The third-order valence-electron chi connectivity index (χ3n) is 4.45. The van der Waals surface area contributed by atoms with Crippen molar-refractivity contribution in [3.05, 3.63) is 12.2 Å². The monoisotopic (exact) mass is 278 g/mol. The van der Waals surface area contributed by atoms with Crippen molar-refractivity contribution in [1.29, 1.82) is 0 Å². The van der Waals surface area contributed by atoms with E-state index >= 15 is 0 Å². The van der Waals surface area contributed by atoms with Crippen LogP contribution < -0.4 is 10.6 Å². The van der Waals surface area contributed by atoms with Crippen molar-refractivity contribution in [3.63, 3.8) is 0 Å². The second-order valence-electron chi connectivity index (χ2n) is 6.33. The molecule has 1 aliphatic carbocycles. The van der Waals surface area contributed by atoms with Gasteiger partial charge in [0.1, 0.15) is 0 Å². The molecule has 1 saturated heterocycles. The third-order valence-corrected chi connectivity index (χ3v) is 4.45. The predicted molar refractivity (Wildman–Crippen MR) is 86.1 cm³/mol. The van der Waals surface area contributed by atoms with Crippen molar-refractivity contribution in [2.45, 2.75) is 51.6 Å². The van der Waals surface area contributed by atoms with Crippen LogP contribution in [0.5, 0.6) is 0 Å². The number of likely N-dealkylation sites (tertiary alicyclic amines) is 1. The van der Waals surface area contributed by atoms with Gasteiger partial charge in [0.05, 0.1) is 0 Å². The van der Waals surface area contributed by atoms with Crippen molar-refractivity contribution in [2.24, 2.45) is 10.9 Å². The van der Waals surface area contributed by atoms with Crippen LogP contribution in [0.15, 0.2) is 17.1 Å². The zero-order valence-corrected chi connectivity index (χ0v) is 13.2. The molecular weight excluding hydrogens is 248 g/mol. The Kier molecular flexibility index (Phi) is 5.89. The summed E-state index contributed by atoms with van der Waals surface area (Å²) in [5.74, 6) is 1.78. The largest absolute Gasteiger partial charge is 0.355 e. The van der Waals surface area contributed by atoms with E-state index in [1.165, 1.54) is 25.9 Å². The second-order valence-corrected chi connectivity index (χ2v) is 6.33. The average molecular weight is 278 g/mol. The lowest BCUT2D eigenvalue weighted by atomic mass is 9.99. The molecule has 2 rings (SSSR count). The molecule has 114 valence electrons. The molecule has 0 aromatic heterocycles. The molecular formula is C16H30N4. The minimum absolute atomic E-state index is 0.520. The Bertz CT molecular complexity index is 342. The van der Waals surface area contributed by atoms with Crippen molar-refractivity contribution >= 4 is 5.96 Å². The molecule has 4 nitrogen and oxygen atoms in total. The second kappa shape index (κ2) is 7.67. The maximum atomic E-state index is 4.33. The number of piperidine rings is 1. The highest BCUT2D eigenvalue weighted by atomic mass is 15.2. The van der Waals surface area contributed by atoms with E-state index in [1.807, 2.05) is 7.05 Å². The van der Waals surface area contributed by atoms with Gasteiger partial charge in [0.2, 0.25) is 0 Å². The molecule has 1 aliphatic heterocycles. The topological polar surface area (TPSA) is 39.7 Å². The van der Waals surface area contributed by atoms with Crippen LogP contribution in [0.4, 0.5) is 0 Å². The van der Waals surface area contributed by atoms with Crippen LogP contribution in [-0.2, 0) is 0 Å². The van der Waals surface area contributed by atoms with E-state index in [-0.39, 0.29) is 0 Å². The molecule has 20 heavy (non-hydrogen) atoms. The maximum Gasteiger partial charge on any atom is 0.191 e. The van der Waals surface area contributed by atoms with Gasteiger partial charge in [0.15, 0.2) is 5.96 Å². The summed E-state index contributed by atoms with van der Waals surface area (Å²) >= 11 is 0. The van der Waals surface area contributed by atoms with Crippen molar-refractivity contribution in [1.82, 2.24) is 15.5 Å². The fraction of sp³-hybridized carbons (Fsp3) is 0.812. The lowest BCUT2D eigenvalue weighted by molar-refractivity contribution is 0.139. The molecule has 0 spiro atoms. The molecule has 0 aromatic rings. The first-order chi connectivity index (χ1) is 9.69. The Morgan fingerprint density at radius 2 is 2.15 bits per heavy atom. The third kappa shape index (κ3) is 4.51. The molecule has 0 amide bonds. The quantitative estimate of drug-likeness (QED) is 0.469. The van der Waals surface area contributed by atoms with Crippen LogP contribution in [0, 0.1) is 5.92 Å². The van der Waals surface area contributed by atoms with Gasteiger partial charge in [-0.3, -0.25) is 9.89 Å². The number of hydrogen-bond acceptors (Lipinski definition) is 2. The van der Waals surface area contributed by atoms with Crippen LogP contribution >= 0.6 is 0 Å². The molecule has 2 unspecified atom stereocenters. The van der Waals surface area contributed by atoms with E-state index in [4.69, 9.17) is 0 Å². The van der Waals surface area contributed by atoms with Crippen LogP contribution in [0.3, 0.4) is 0 Å². The smallest absolute Gasteiger partial charge is 0.191 e. The van der Waals surface area contributed by atoms with Gasteiger partial charge in [-0.2, -0.15) is 0 Å². The van der Waals surface area contributed by atoms with Gasteiger partial charge in [0, 0.05) is 32.2 Å². The van der Waals surface area contributed by atoms with Crippen LogP contribution in [-0.4, -0.2) is 49.6 Å². The van der Waals surface area contributed by atoms with Crippen molar-refractivity contribution in [3.8, 4) is 0 Å². The predicted octanol–water partition coefficient (Wildman–Crippen LogP) is 1.99. The Hall–Kier alpha value is -1.03. The normalized spacial score (nSPS) is 26.8. The highest BCUT2D eigenvalue weighted by Gasteiger charge is 2.21. The average Bonchev–Trinajstić information content (AvgIpc) is 2.96. The molecule has 1 heterocycles. The Morgan fingerprint density at radius 3 is 2.80 bits per heavy atom. The first kappa shape index (κ1) is 15.4. The van der Waals surface area contributed by atoms with Gasteiger partial charge < -0.3 is 10.6 Å². The molecule has 2 aliphatic rings. The summed E-state index contributed by atoms with van der Waals surface area (Å²) in [7, 11) is 1.85. The lowest BCUT2D eigenvalue weighted by Gasteiger charge is -2.35. The SMILES string of the molecule is CN=C(NCC(C)N1CCCC(C)C1)NC1CC=CC1. The van der Waals surface area contributed by atoms with Gasteiger partial charge in [-0.05, 0) is 45.1 Å². The van der Waals surface area contributed by atoms with E-state index in [2.05, 4.69) is 46.5 Å². The van der Waals surface area contributed by atoms with Crippen molar-refractivity contribution < 1.29 is 0 Å². The first-order valence-corrected chi connectivity index (χ1v) is 8.05. The van der Waals surface area contributed by atoms with Gasteiger partial charge in [-0.25, -0.2) is 0 Å². The summed E-state index contributed by atoms with van der Waals surface area (Å²) in [6.45, 7) is 8.12. The fourth-order valence-electron chi connectivity index (χ4n) is 3.12. The standard InChI is InChI=1S/C16H30N4/c1-13-7-6-10-20(12-13)14(2)11-18-16(17-3)19-15-8-4-5-9-15/h4-5,13-15H,6-12H2,1-3H3,(H2,17,18,19). The molecule has 2 N–H and O–H groups in total. The summed E-state index contributed by atoms with van der Waals surface area (Å²) in [6.07, 6.45) is 9.42. The van der Waals surface area contributed by atoms with E-state index < -0.39 is 0 Å². The highest BCUT2D eigenvalue weighted by Crippen LogP contribution is 2.17. The molecule has 0 saturated carbocycles.